The van der Waals surface area contributed by atoms with Crippen molar-refractivity contribution < 1.29 is 23.5 Å². The molecule has 9 heteroatoms. The molecule has 5 rings (SSSR count). The fourth-order valence-electron chi connectivity index (χ4n) is 6.26. The zero-order valence-electron chi connectivity index (χ0n) is 24.0. The number of allylic oxidation sites excluding steroid dienone is 2. The molecule has 0 bridgehead atoms. The van der Waals surface area contributed by atoms with Gasteiger partial charge >= 0.3 is 0 Å². The van der Waals surface area contributed by atoms with Crippen molar-refractivity contribution >= 4 is 17.7 Å². The van der Waals surface area contributed by atoms with Gasteiger partial charge in [0.2, 0.25) is 17.7 Å². The highest BCUT2D eigenvalue weighted by atomic mass is 19.1. The van der Waals surface area contributed by atoms with Crippen LogP contribution in [-0.4, -0.2) is 67.6 Å². The maximum absolute atomic E-state index is 13.7. The molecule has 0 radical (unpaired) electrons. The van der Waals surface area contributed by atoms with Crippen molar-refractivity contribution in [3.05, 3.63) is 83.7 Å². The van der Waals surface area contributed by atoms with Gasteiger partial charge in [-0.1, -0.05) is 54.6 Å². The monoisotopic (exact) mass is 576 g/mol. The van der Waals surface area contributed by atoms with E-state index < -0.39 is 11.5 Å². The van der Waals surface area contributed by atoms with Crippen molar-refractivity contribution in [1.82, 2.24) is 20.9 Å². The van der Waals surface area contributed by atoms with Crippen molar-refractivity contribution in [2.45, 2.75) is 57.2 Å². The van der Waals surface area contributed by atoms with Crippen LogP contribution in [0.1, 0.15) is 43.2 Å². The summed E-state index contributed by atoms with van der Waals surface area (Å²) >= 11 is 0. The molecule has 3 amide bonds. The highest BCUT2D eigenvalue weighted by Crippen LogP contribution is 2.36. The first kappa shape index (κ1) is 29.9. The van der Waals surface area contributed by atoms with Crippen LogP contribution in [0.25, 0.3) is 0 Å². The molecule has 2 aromatic carbocycles. The van der Waals surface area contributed by atoms with Crippen LogP contribution < -0.4 is 16.0 Å². The molecule has 3 heterocycles. The average Bonchev–Trinajstić information content (AvgIpc) is 3.00. The third-order valence-corrected chi connectivity index (χ3v) is 8.87. The number of nitrogens with zero attached hydrogens (tertiary/aromatic N) is 1. The van der Waals surface area contributed by atoms with Crippen molar-refractivity contribution in [1.29, 1.82) is 0 Å². The molecule has 0 aliphatic carbocycles. The summed E-state index contributed by atoms with van der Waals surface area (Å²) in [6.45, 7) is 3.01. The molecule has 0 aromatic heterocycles. The van der Waals surface area contributed by atoms with Gasteiger partial charge in [-0.2, -0.15) is 0 Å². The molecule has 224 valence electrons. The first-order chi connectivity index (χ1) is 20.4. The van der Waals surface area contributed by atoms with Gasteiger partial charge in [-0.25, -0.2) is 4.39 Å². The standard InChI is InChI=1S/C33H41FN4O4/c34-27-11-9-25(10-12-27)21-35-30(39)23-38-17-13-28-26(22-38)8-4-5-14-33(15-18-42-19-16-33)32(41)37-29(31(40)36-28)20-24-6-2-1-3-7-24/h1-7,9-12,26,28-29H,8,13-23H2,(H,35,39)(H,36,40)(H,37,41)/t26-,28+,29+/m0/s1. The van der Waals surface area contributed by atoms with Gasteiger partial charge in [0.05, 0.1) is 12.0 Å². The van der Waals surface area contributed by atoms with Gasteiger partial charge in [0.1, 0.15) is 11.9 Å². The first-order valence-electron chi connectivity index (χ1n) is 15.0. The number of amides is 3. The molecule has 3 aliphatic rings. The van der Waals surface area contributed by atoms with Gasteiger partial charge in [-0.3, -0.25) is 19.3 Å². The second-order valence-electron chi connectivity index (χ2n) is 11.8. The van der Waals surface area contributed by atoms with Crippen molar-refractivity contribution in [2.75, 3.05) is 32.8 Å². The lowest BCUT2D eigenvalue weighted by Gasteiger charge is -2.40. The first-order valence-corrected chi connectivity index (χ1v) is 15.0. The summed E-state index contributed by atoms with van der Waals surface area (Å²) < 4.78 is 18.8. The Labute approximate surface area is 247 Å². The molecular formula is C33H41FN4O4. The smallest absolute Gasteiger partial charge is 0.243 e. The molecule has 3 atom stereocenters. The molecule has 0 saturated carbocycles. The molecule has 2 aromatic rings. The van der Waals surface area contributed by atoms with E-state index in [1.54, 1.807) is 12.1 Å². The number of fused-ring (bicyclic) bond motifs is 1. The van der Waals surface area contributed by atoms with E-state index in [0.29, 0.717) is 65.0 Å². The third kappa shape index (κ3) is 7.83. The van der Waals surface area contributed by atoms with Gasteiger partial charge in [-0.15, -0.1) is 0 Å². The van der Waals surface area contributed by atoms with Crippen LogP contribution in [-0.2, 0) is 32.1 Å². The van der Waals surface area contributed by atoms with Gasteiger partial charge in [0.15, 0.2) is 0 Å². The largest absolute Gasteiger partial charge is 0.381 e. The van der Waals surface area contributed by atoms with E-state index in [2.05, 4.69) is 33.0 Å². The fraction of sp³-hybridized carbons (Fsp3) is 0.485. The van der Waals surface area contributed by atoms with Gasteiger partial charge < -0.3 is 20.7 Å². The predicted molar refractivity (Wildman–Crippen MR) is 158 cm³/mol. The molecule has 2 saturated heterocycles. The van der Waals surface area contributed by atoms with E-state index in [4.69, 9.17) is 4.74 Å². The summed E-state index contributed by atoms with van der Waals surface area (Å²) in [5.41, 5.74) is 1.24. The highest BCUT2D eigenvalue weighted by molar-refractivity contribution is 5.90. The number of rotatable bonds is 6. The Bertz CT molecular complexity index is 1250. The molecule has 0 unspecified atom stereocenters. The number of benzene rings is 2. The van der Waals surface area contributed by atoms with Crippen LogP contribution in [0.4, 0.5) is 4.39 Å². The Morgan fingerprint density at radius 3 is 2.52 bits per heavy atom. The number of carbonyl (C=O) groups is 3. The SMILES string of the molecule is O=C(CN1CC[C@H]2NC(=O)[C@@H](Cc3ccccc3)NC(=O)C3(CC=CC[C@H]2C1)CCOCC3)NCc1ccc(F)cc1. The number of hydrogen-bond acceptors (Lipinski definition) is 5. The summed E-state index contributed by atoms with van der Waals surface area (Å²) in [5, 5.41) is 9.33. The zero-order valence-corrected chi connectivity index (χ0v) is 24.0. The van der Waals surface area contributed by atoms with Crippen LogP contribution in [0.5, 0.6) is 0 Å². The van der Waals surface area contributed by atoms with E-state index >= 15 is 0 Å². The number of hydrogen-bond donors (Lipinski definition) is 3. The Hall–Kier alpha value is -3.56. The maximum Gasteiger partial charge on any atom is 0.243 e. The predicted octanol–water partition coefficient (Wildman–Crippen LogP) is 3.12. The number of ether oxygens (including phenoxy) is 1. The summed E-state index contributed by atoms with van der Waals surface area (Å²) in [6.07, 6.45) is 7.97. The van der Waals surface area contributed by atoms with Crippen LogP contribution in [0.3, 0.4) is 0 Å². The minimum atomic E-state index is -0.682. The molecule has 1 spiro atoms. The van der Waals surface area contributed by atoms with Crippen LogP contribution in [0.2, 0.25) is 0 Å². The fourth-order valence-corrected chi connectivity index (χ4v) is 6.26. The van der Waals surface area contributed by atoms with Crippen LogP contribution in [0.15, 0.2) is 66.7 Å². The van der Waals surface area contributed by atoms with Crippen molar-refractivity contribution in [3.63, 3.8) is 0 Å². The lowest BCUT2D eigenvalue weighted by atomic mass is 9.75. The Balaban J connectivity index is 1.27. The summed E-state index contributed by atoms with van der Waals surface area (Å²) in [4.78, 5) is 42.3. The zero-order chi connectivity index (χ0) is 29.4. The lowest BCUT2D eigenvalue weighted by Crippen LogP contribution is -2.58. The normalized spacial score (nSPS) is 24.9. The van der Waals surface area contributed by atoms with Gasteiger partial charge in [0.25, 0.3) is 0 Å². The number of piperidine rings is 1. The topological polar surface area (TPSA) is 99.8 Å². The molecule has 8 nitrogen and oxygen atoms in total. The van der Waals surface area contributed by atoms with Crippen molar-refractivity contribution in [3.8, 4) is 0 Å². The molecule has 2 fully saturated rings. The van der Waals surface area contributed by atoms with Crippen LogP contribution >= 0.6 is 0 Å². The van der Waals surface area contributed by atoms with Gasteiger partial charge in [-0.05, 0) is 61.3 Å². The second kappa shape index (κ2) is 14.1. The van der Waals surface area contributed by atoms with E-state index in [9.17, 15) is 18.8 Å². The van der Waals surface area contributed by atoms with E-state index in [1.807, 2.05) is 30.3 Å². The van der Waals surface area contributed by atoms with E-state index in [1.165, 1.54) is 12.1 Å². The summed E-state index contributed by atoms with van der Waals surface area (Å²) in [7, 11) is 0. The Morgan fingerprint density at radius 2 is 1.76 bits per heavy atom. The van der Waals surface area contributed by atoms with Crippen LogP contribution in [0, 0.1) is 17.2 Å². The second-order valence-corrected chi connectivity index (χ2v) is 11.8. The number of carbonyl (C=O) groups excluding carboxylic acids is 3. The number of likely N-dealkylation sites (tertiary alicyclic amines) is 1. The summed E-state index contributed by atoms with van der Waals surface area (Å²) in [6, 6.07) is 15.1. The third-order valence-electron chi connectivity index (χ3n) is 8.87. The molecule has 3 N–H and O–H groups in total. The van der Waals surface area contributed by atoms with Gasteiger partial charge in [0, 0.05) is 45.3 Å². The van der Waals surface area contributed by atoms with E-state index in [0.717, 1.165) is 17.5 Å². The quantitative estimate of drug-likeness (QED) is 0.459. The minimum absolute atomic E-state index is 0.0627. The Kier molecular flexibility index (Phi) is 10.0. The number of halogens is 1. The highest BCUT2D eigenvalue weighted by Gasteiger charge is 2.41. The number of nitrogens with one attached hydrogen (secondary N) is 3. The molecular weight excluding hydrogens is 535 g/mol. The molecule has 42 heavy (non-hydrogen) atoms. The summed E-state index contributed by atoms with van der Waals surface area (Å²) in [5.74, 6) is -0.507. The Morgan fingerprint density at radius 1 is 1.00 bits per heavy atom. The lowest BCUT2D eigenvalue weighted by molar-refractivity contribution is -0.140. The maximum atomic E-state index is 13.7. The van der Waals surface area contributed by atoms with E-state index in [-0.39, 0.29) is 42.0 Å². The minimum Gasteiger partial charge on any atom is -0.381 e. The average molecular weight is 577 g/mol. The molecule has 3 aliphatic heterocycles. The van der Waals surface area contributed by atoms with Crippen molar-refractivity contribution in [2.24, 2.45) is 11.3 Å².